The van der Waals surface area contributed by atoms with Crippen molar-refractivity contribution < 1.29 is 9.53 Å². The van der Waals surface area contributed by atoms with E-state index in [2.05, 4.69) is 5.32 Å². The average molecular weight is 290 g/mol. The van der Waals surface area contributed by atoms with Crippen LogP contribution in [0.15, 0.2) is 18.2 Å². The van der Waals surface area contributed by atoms with Gasteiger partial charge < -0.3 is 15.8 Å². The molecule has 0 heterocycles. The van der Waals surface area contributed by atoms with E-state index in [9.17, 15) is 4.79 Å². The molecule has 1 aromatic rings. The van der Waals surface area contributed by atoms with E-state index >= 15 is 0 Å². The molecule has 3 N–H and O–H groups in total. The largest absolute Gasteiger partial charge is 0.483 e. The zero-order valence-electron chi connectivity index (χ0n) is 13.0. The van der Waals surface area contributed by atoms with Gasteiger partial charge in [-0.25, -0.2) is 0 Å². The van der Waals surface area contributed by atoms with Crippen LogP contribution in [0.2, 0.25) is 0 Å². The molecule has 0 saturated heterocycles. The molecule has 1 atom stereocenters. The van der Waals surface area contributed by atoms with Crippen LogP contribution in [0.25, 0.3) is 0 Å². The second-order valence-electron chi connectivity index (χ2n) is 6.02. The molecule has 1 aromatic carbocycles. The maximum atomic E-state index is 12.0. The van der Waals surface area contributed by atoms with Gasteiger partial charge in [0.25, 0.3) is 5.91 Å². The Morgan fingerprint density at radius 1 is 1.38 bits per heavy atom. The van der Waals surface area contributed by atoms with Crippen molar-refractivity contribution in [1.29, 1.82) is 0 Å². The van der Waals surface area contributed by atoms with Crippen LogP contribution in [0.1, 0.15) is 56.2 Å². The summed E-state index contributed by atoms with van der Waals surface area (Å²) in [6, 6.07) is 6.12. The molecule has 2 rings (SSSR count). The standard InChI is InChI=1S/C17H26N2O2/c1-12-8-9-15(13(2)18)16(10-12)21-11-17(20)19-14-6-4-3-5-7-14/h8-10,13-14H,3-7,11,18H2,1-2H3,(H,19,20). The Kier molecular flexibility index (Phi) is 5.62. The minimum Gasteiger partial charge on any atom is -0.483 e. The van der Waals surface area contributed by atoms with Crippen LogP contribution in [0.5, 0.6) is 5.75 Å². The first kappa shape index (κ1) is 15.8. The van der Waals surface area contributed by atoms with Gasteiger partial charge in [0.05, 0.1) is 0 Å². The van der Waals surface area contributed by atoms with Crippen molar-refractivity contribution in [3.63, 3.8) is 0 Å². The van der Waals surface area contributed by atoms with Gasteiger partial charge in [-0.15, -0.1) is 0 Å². The molecule has 0 bridgehead atoms. The SMILES string of the molecule is Cc1ccc(C(C)N)c(OCC(=O)NC2CCCCC2)c1. The predicted octanol–water partition coefficient (Wildman–Crippen LogP) is 2.84. The number of hydrogen-bond acceptors (Lipinski definition) is 3. The fourth-order valence-electron chi connectivity index (χ4n) is 2.80. The fourth-order valence-corrected chi connectivity index (χ4v) is 2.80. The van der Waals surface area contributed by atoms with Crippen molar-refractivity contribution in [3.05, 3.63) is 29.3 Å². The number of carbonyl (C=O) groups excluding carboxylic acids is 1. The van der Waals surface area contributed by atoms with E-state index in [1.54, 1.807) is 0 Å². The van der Waals surface area contributed by atoms with E-state index in [4.69, 9.17) is 10.5 Å². The summed E-state index contributed by atoms with van der Waals surface area (Å²) in [5.74, 6) is 0.669. The molecular formula is C17H26N2O2. The van der Waals surface area contributed by atoms with E-state index in [-0.39, 0.29) is 18.6 Å². The Morgan fingerprint density at radius 3 is 2.76 bits per heavy atom. The van der Waals surface area contributed by atoms with Gasteiger partial charge in [0.2, 0.25) is 0 Å². The second-order valence-corrected chi connectivity index (χ2v) is 6.02. The molecule has 1 aliphatic carbocycles. The number of rotatable bonds is 5. The van der Waals surface area contributed by atoms with Crippen molar-refractivity contribution in [2.45, 2.75) is 58.0 Å². The maximum absolute atomic E-state index is 12.0. The molecule has 4 heteroatoms. The lowest BCUT2D eigenvalue weighted by atomic mass is 9.95. The number of benzene rings is 1. The molecular weight excluding hydrogens is 264 g/mol. The van der Waals surface area contributed by atoms with E-state index < -0.39 is 0 Å². The highest BCUT2D eigenvalue weighted by Crippen LogP contribution is 2.25. The van der Waals surface area contributed by atoms with E-state index in [1.165, 1.54) is 19.3 Å². The Balaban J connectivity index is 1.89. The number of hydrogen-bond donors (Lipinski definition) is 2. The van der Waals surface area contributed by atoms with E-state index in [0.29, 0.717) is 11.8 Å². The summed E-state index contributed by atoms with van der Waals surface area (Å²) in [7, 11) is 0. The highest BCUT2D eigenvalue weighted by atomic mass is 16.5. The lowest BCUT2D eigenvalue weighted by molar-refractivity contribution is -0.124. The van der Waals surface area contributed by atoms with Crippen molar-refractivity contribution in [2.75, 3.05) is 6.61 Å². The first-order valence-corrected chi connectivity index (χ1v) is 7.84. The van der Waals surface area contributed by atoms with Crippen LogP contribution in [-0.2, 0) is 4.79 Å². The summed E-state index contributed by atoms with van der Waals surface area (Å²) in [6.45, 7) is 3.97. The van der Waals surface area contributed by atoms with Crippen LogP contribution in [0.3, 0.4) is 0 Å². The van der Waals surface area contributed by atoms with Gasteiger partial charge in [-0.1, -0.05) is 31.4 Å². The molecule has 1 saturated carbocycles. The summed E-state index contributed by atoms with van der Waals surface area (Å²) < 4.78 is 5.69. The zero-order valence-corrected chi connectivity index (χ0v) is 13.0. The van der Waals surface area contributed by atoms with E-state index in [1.807, 2.05) is 32.0 Å². The molecule has 1 amide bonds. The predicted molar refractivity (Wildman–Crippen MR) is 84.3 cm³/mol. The van der Waals surface area contributed by atoms with Gasteiger partial charge in [-0.05, 0) is 38.3 Å². The average Bonchev–Trinajstić information content (AvgIpc) is 2.46. The van der Waals surface area contributed by atoms with Gasteiger partial charge in [0, 0.05) is 17.6 Å². The van der Waals surface area contributed by atoms with Crippen molar-refractivity contribution in [1.82, 2.24) is 5.32 Å². The molecule has 116 valence electrons. The topological polar surface area (TPSA) is 64.3 Å². The molecule has 21 heavy (non-hydrogen) atoms. The first-order valence-electron chi connectivity index (χ1n) is 7.84. The Hall–Kier alpha value is -1.55. The third kappa shape index (κ3) is 4.74. The van der Waals surface area contributed by atoms with Crippen molar-refractivity contribution in [2.24, 2.45) is 5.73 Å². The minimum atomic E-state index is -0.109. The summed E-state index contributed by atoms with van der Waals surface area (Å²) >= 11 is 0. The molecule has 1 aliphatic rings. The summed E-state index contributed by atoms with van der Waals surface area (Å²) in [5.41, 5.74) is 7.98. The van der Waals surface area contributed by atoms with Gasteiger partial charge in [-0.3, -0.25) is 4.79 Å². The normalized spacial score (nSPS) is 17.3. The van der Waals surface area contributed by atoms with Crippen molar-refractivity contribution >= 4 is 5.91 Å². The third-order valence-electron chi connectivity index (χ3n) is 3.99. The van der Waals surface area contributed by atoms with Crippen LogP contribution in [0.4, 0.5) is 0 Å². The van der Waals surface area contributed by atoms with Gasteiger partial charge in [-0.2, -0.15) is 0 Å². The number of carbonyl (C=O) groups is 1. The number of amides is 1. The smallest absolute Gasteiger partial charge is 0.258 e. The molecule has 4 nitrogen and oxygen atoms in total. The highest BCUT2D eigenvalue weighted by molar-refractivity contribution is 5.77. The Labute approximate surface area is 127 Å². The lowest BCUT2D eigenvalue weighted by Crippen LogP contribution is -2.39. The summed E-state index contributed by atoms with van der Waals surface area (Å²) in [4.78, 5) is 12.0. The lowest BCUT2D eigenvalue weighted by Gasteiger charge is -2.23. The molecule has 0 radical (unpaired) electrons. The fraction of sp³-hybridized carbons (Fsp3) is 0.588. The Bertz CT molecular complexity index is 480. The zero-order chi connectivity index (χ0) is 15.2. The number of nitrogens with two attached hydrogens (primary N) is 1. The van der Waals surface area contributed by atoms with Crippen LogP contribution in [0, 0.1) is 6.92 Å². The van der Waals surface area contributed by atoms with Gasteiger partial charge >= 0.3 is 0 Å². The minimum absolute atomic E-state index is 0.0426. The van der Waals surface area contributed by atoms with Crippen LogP contribution in [-0.4, -0.2) is 18.6 Å². The van der Waals surface area contributed by atoms with Crippen molar-refractivity contribution in [3.8, 4) is 5.75 Å². The third-order valence-corrected chi connectivity index (χ3v) is 3.99. The summed E-state index contributed by atoms with van der Waals surface area (Å²) in [5, 5.41) is 3.06. The quantitative estimate of drug-likeness (QED) is 0.876. The van der Waals surface area contributed by atoms with Gasteiger partial charge in [0.15, 0.2) is 6.61 Å². The summed E-state index contributed by atoms with van der Waals surface area (Å²) in [6.07, 6.45) is 5.86. The molecule has 1 unspecified atom stereocenters. The number of ether oxygens (including phenoxy) is 1. The van der Waals surface area contributed by atoms with Crippen LogP contribution >= 0.6 is 0 Å². The molecule has 0 aliphatic heterocycles. The second kappa shape index (κ2) is 7.46. The highest BCUT2D eigenvalue weighted by Gasteiger charge is 2.16. The molecule has 1 fully saturated rings. The van der Waals surface area contributed by atoms with Crippen LogP contribution < -0.4 is 15.8 Å². The maximum Gasteiger partial charge on any atom is 0.258 e. The van der Waals surface area contributed by atoms with E-state index in [0.717, 1.165) is 24.0 Å². The molecule has 0 aromatic heterocycles. The van der Waals surface area contributed by atoms with Gasteiger partial charge in [0.1, 0.15) is 5.75 Å². The number of aryl methyl sites for hydroxylation is 1. The number of nitrogens with one attached hydrogen (secondary N) is 1. The first-order chi connectivity index (χ1) is 10.1. The Morgan fingerprint density at radius 2 is 2.10 bits per heavy atom. The molecule has 0 spiro atoms. The monoisotopic (exact) mass is 290 g/mol.